The molecule has 3 rings (SSSR count). The van der Waals surface area contributed by atoms with Crippen LogP contribution in [0.5, 0.6) is 0 Å². The number of carbonyl (C=O) groups excluding carboxylic acids is 2. The topological polar surface area (TPSA) is 48.3 Å². The number of nitrogens with zero attached hydrogens (tertiary/aromatic N) is 1. The van der Waals surface area contributed by atoms with Gasteiger partial charge < -0.3 is 9.30 Å². The zero-order valence-electron chi connectivity index (χ0n) is 11.9. The van der Waals surface area contributed by atoms with Crippen LogP contribution in [0.3, 0.4) is 0 Å². The van der Waals surface area contributed by atoms with Crippen LogP contribution in [0.25, 0.3) is 5.69 Å². The Hall–Kier alpha value is -2.37. The molecule has 0 amide bonds. The minimum absolute atomic E-state index is 0.265. The second-order valence-corrected chi connectivity index (χ2v) is 6.46. The highest BCUT2D eigenvalue weighted by Gasteiger charge is 2.13. The first-order valence-corrected chi connectivity index (χ1v) is 8.02. The van der Waals surface area contributed by atoms with Crippen molar-refractivity contribution in [3.63, 3.8) is 0 Å². The number of aromatic nitrogens is 1. The fourth-order valence-electron chi connectivity index (χ4n) is 2.03. The lowest BCUT2D eigenvalue weighted by Gasteiger charge is -2.06. The Bertz CT molecular complexity index is 822. The summed E-state index contributed by atoms with van der Waals surface area (Å²) in [5, 5.41) is 0. The number of hydrogen-bond donors (Lipinski definition) is 0. The van der Waals surface area contributed by atoms with Gasteiger partial charge in [0.25, 0.3) is 0 Å². The van der Waals surface area contributed by atoms with Gasteiger partial charge in [0.15, 0.2) is 6.61 Å². The Balaban J connectivity index is 1.61. The van der Waals surface area contributed by atoms with Gasteiger partial charge in [-0.1, -0.05) is 11.6 Å². The minimum atomic E-state index is -0.528. The molecule has 0 aliphatic rings. The molecule has 0 unspecified atom stereocenters. The SMILES string of the molecule is O=C(OCC(=O)c1ccc(Cl)s1)c1ccc(-n2cccc2)cc1. The third kappa shape index (κ3) is 3.70. The van der Waals surface area contributed by atoms with Crippen LogP contribution in [-0.4, -0.2) is 22.9 Å². The molecule has 116 valence electrons. The Labute approximate surface area is 141 Å². The van der Waals surface area contributed by atoms with E-state index in [-0.39, 0.29) is 12.4 Å². The van der Waals surface area contributed by atoms with Crippen LogP contribution in [0.4, 0.5) is 0 Å². The number of Topliss-reactive ketones (excluding diaryl/α,β-unsaturated/α-hetero) is 1. The number of ether oxygens (including phenoxy) is 1. The highest BCUT2D eigenvalue weighted by Crippen LogP contribution is 2.21. The van der Waals surface area contributed by atoms with Crippen molar-refractivity contribution >= 4 is 34.7 Å². The van der Waals surface area contributed by atoms with Crippen molar-refractivity contribution in [3.05, 3.63) is 75.7 Å². The maximum atomic E-state index is 12.0. The lowest BCUT2D eigenvalue weighted by Crippen LogP contribution is -2.13. The van der Waals surface area contributed by atoms with E-state index >= 15 is 0 Å². The lowest BCUT2D eigenvalue weighted by atomic mass is 10.2. The molecule has 0 aliphatic carbocycles. The first-order chi connectivity index (χ1) is 11.1. The molecule has 4 nitrogen and oxygen atoms in total. The van der Waals surface area contributed by atoms with E-state index in [1.165, 1.54) is 11.3 Å². The molecule has 1 aromatic carbocycles. The molecule has 0 spiro atoms. The van der Waals surface area contributed by atoms with Crippen LogP contribution in [0.1, 0.15) is 20.0 Å². The second kappa shape index (κ2) is 6.81. The van der Waals surface area contributed by atoms with Crippen molar-refractivity contribution in [2.45, 2.75) is 0 Å². The zero-order chi connectivity index (χ0) is 16.2. The summed E-state index contributed by atoms with van der Waals surface area (Å²) >= 11 is 6.94. The Morgan fingerprint density at radius 1 is 1.04 bits per heavy atom. The first-order valence-electron chi connectivity index (χ1n) is 6.82. The number of ketones is 1. The zero-order valence-corrected chi connectivity index (χ0v) is 13.5. The van der Waals surface area contributed by atoms with Gasteiger partial charge in [-0.25, -0.2) is 4.79 Å². The normalized spacial score (nSPS) is 10.5. The summed E-state index contributed by atoms with van der Waals surface area (Å²) in [6.07, 6.45) is 3.83. The monoisotopic (exact) mass is 345 g/mol. The predicted molar refractivity (Wildman–Crippen MR) is 89.7 cm³/mol. The van der Waals surface area contributed by atoms with E-state index in [0.29, 0.717) is 14.8 Å². The van der Waals surface area contributed by atoms with E-state index in [9.17, 15) is 9.59 Å². The third-order valence-corrected chi connectivity index (χ3v) is 4.46. The molecular weight excluding hydrogens is 334 g/mol. The van der Waals surface area contributed by atoms with E-state index in [1.807, 2.05) is 41.2 Å². The average Bonchev–Trinajstić information content (AvgIpc) is 3.24. The molecule has 0 radical (unpaired) electrons. The third-order valence-electron chi connectivity index (χ3n) is 3.19. The Morgan fingerprint density at radius 2 is 1.74 bits per heavy atom. The Morgan fingerprint density at radius 3 is 2.35 bits per heavy atom. The van der Waals surface area contributed by atoms with Crippen LogP contribution in [0, 0.1) is 0 Å². The van der Waals surface area contributed by atoms with Crippen LogP contribution in [-0.2, 0) is 4.74 Å². The highest BCUT2D eigenvalue weighted by atomic mass is 35.5. The van der Waals surface area contributed by atoms with Gasteiger partial charge >= 0.3 is 5.97 Å². The standard InChI is InChI=1S/C17H12ClNO3S/c18-16-8-7-15(23-16)14(20)11-22-17(21)12-3-5-13(6-4-12)19-9-1-2-10-19/h1-10H,11H2. The summed E-state index contributed by atoms with van der Waals surface area (Å²) in [5.74, 6) is -0.792. The van der Waals surface area contributed by atoms with Crippen LogP contribution in [0.15, 0.2) is 60.9 Å². The van der Waals surface area contributed by atoms with Crippen molar-refractivity contribution in [1.82, 2.24) is 4.57 Å². The van der Waals surface area contributed by atoms with Crippen molar-refractivity contribution in [3.8, 4) is 5.69 Å². The number of benzene rings is 1. The van der Waals surface area contributed by atoms with Gasteiger partial charge in [0.2, 0.25) is 5.78 Å². The van der Waals surface area contributed by atoms with Crippen LogP contribution < -0.4 is 0 Å². The number of hydrogen-bond acceptors (Lipinski definition) is 4. The van der Waals surface area contributed by atoms with E-state index in [2.05, 4.69) is 0 Å². The lowest BCUT2D eigenvalue weighted by molar-refractivity contribution is 0.0476. The van der Waals surface area contributed by atoms with Crippen molar-refractivity contribution < 1.29 is 14.3 Å². The largest absolute Gasteiger partial charge is 0.454 e. The number of halogens is 1. The van der Waals surface area contributed by atoms with Gasteiger partial charge in [-0.05, 0) is 48.5 Å². The molecule has 6 heteroatoms. The maximum absolute atomic E-state index is 12.0. The first kappa shape index (κ1) is 15.5. The quantitative estimate of drug-likeness (QED) is 0.513. The summed E-state index contributed by atoms with van der Waals surface area (Å²) in [6.45, 7) is -0.297. The molecule has 2 heterocycles. The molecule has 0 N–H and O–H groups in total. The van der Waals surface area contributed by atoms with Crippen molar-refractivity contribution in [1.29, 1.82) is 0 Å². The number of esters is 1. The molecule has 23 heavy (non-hydrogen) atoms. The maximum Gasteiger partial charge on any atom is 0.338 e. The fraction of sp³-hybridized carbons (Fsp3) is 0.0588. The summed E-state index contributed by atoms with van der Waals surface area (Å²) in [6, 6.07) is 14.1. The molecule has 0 atom stereocenters. The summed E-state index contributed by atoms with van der Waals surface area (Å²) in [4.78, 5) is 24.3. The van der Waals surface area contributed by atoms with Gasteiger partial charge in [-0.3, -0.25) is 4.79 Å². The highest BCUT2D eigenvalue weighted by molar-refractivity contribution is 7.18. The van der Waals surface area contributed by atoms with Crippen molar-refractivity contribution in [2.75, 3.05) is 6.61 Å². The molecular formula is C17H12ClNO3S. The summed E-state index contributed by atoms with van der Waals surface area (Å²) < 4.78 is 7.51. The molecule has 2 aromatic heterocycles. The number of rotatable bonds is 5. The molecule has 0 aliphatic heterocycles. The van der Waals surface area contributed by atoms with E-state index < -0.39 is 5.97 Å². The minimum Gasteiger partial charge on any atom is -0.454 e. The number of thiophene rings is 1. The smallest absolute Gasteiger partial charge is 0.338 e. The van der Waals surface area contributed by atoms with Crippen molar-refractivity contribution in [2.24, 2.45) is 0 Å². The van der Waals surface area contributed by atoms with E-state index in [1.54, 1.807) is 24.3 Å². The van der Waals surface area contributed by atoms with Gasteiger partial charge in [-0.2, -0.15) is 0 Å². The average molecular weight is 346 g/mol. The van der Waals surface area contributed by atoms with Gasteiger partial charge in [0.05, 0.1) is 14.8 Å². The molecule has 0 saturated carbocycles. The van der Waals surface area contributed by atoms with Gasteiger partial charge in [0.1, 0.15) is 0 Å². The summed E-state index contributed by atoms with van der Waals surface area (Å²) in [5.41, 5.74) is 1.34. The van der Waals surface area contributed by atoms with Gasteiger partial charge in [-0.15, -0.1) is 11.3 Å². The molecule has 0 saturated heterocycles. The Kier molecular flexibility index (Phi) is 4.60. The molecule has 3 aromatic rings. The van der Waals surface area contributed by atoms with E-state index in [0.717, 1.165) is 5.69 Å². The van der Waals surface area contributed by atoms with Crippen LogP contribution in [0.2, 0.25) is 4.34 Å². The van der Waals surface area contributed by atoms with Crippen LogP contribution >= 0.6 is 22.9 Å². The van der Waals surface area contributed by atoms with Gasteiger partial charge in [0, 0.05) is 18.1 Å². The predicted octanol–water partition coefficient (Wildman–Crippen LogP) is 4.23. The molecule has 0 fully saturated rings. The second-order valence-electron chi connectivity index (χ2n) is 4.74. The fourth-order valence-corrected chi connectivity index (χ4v) is 2.99. The van der Waals surface area contributed by atoms with E-state index in [4.69, 9.17) is 16.3 Å². The summed E-state index contributed by atoms with van der Waals surface area (Å²) in [7, 11) is 0. The number of carbonyl (C=O) groups is 2. The molecule has 0 bridgehead atoms.